The predicted molar refractivity (Wildman–Crippen MR) is 88.2 cm³/mol. The lowest BCUT2D eigenvalue weighted by molar-refractivity contribution is -0.138. The maximum absolute atomic E-state index is 12.8. The van der Waals surface area contributed by atoms with Gasteiger partial charge in [0.25, 0.3) is 0 Å². The summed E-state index contributed by atoms with van der Waals surface area (Å²) in [6.07, 6.45) is -2.69. The molecule has 132 valence electrons. The Morgan fingerprint density at radius 2 is 1.80 bits per heavy atom. The van der Waals surface area contributed by atoms with Crippen LogP contribution in [0.15, 0.2) is 48.7 Å². The molecule has 1 fully saturated rings. The van der Waals surface area contributed by atoms with Crippen LogP contribution in [0.4, 0.5) is 19.0 Å². The highest BCUT2D eigenvalue weighted by atomic mass is 19.4. The lowest BCUT2D eigenvalue weighted by Crippen LogP contribution is -2.49. The van der Waals surface area contributed by atoms with Gasteiger partial charge in [0.2, 0.25) is 5.91 Å². The average molecular weight is 349 g/mol. The standard InChI is InChI=1S/C18H18F3N3O/c19-18(20,21)15-5-3-4-14(12-15)13-17(25)24-10-8-23(9-11-24)16-6-1-2-7-22-16/h1-7,12H,8-11,13H2. The number of rotatable bonds is 3. The topological polar surface area (TPSA) is 36.4 Å². The van der Waals surface area contributed by atoms with Crippen LogP contribution in [-0.2, 0) is 17.4 Å². The minimum absolute atomic E-state index is 0.0203. The number of halogens is 3. The third-order valence-electron chi connectivity index (χ3n) is 4.22. The molecule has 4 nitrogen and oxygen atoms in total. The van der Waals surface area contributed by atoms with Crippen LogP contribution in [0.5, 0.6) is 0 Å². The number of piperazine rings is 1. The van der Waals surface area contributed by atoms with Crippen LogP contribution in [0.1, 0.15) is 11.1 Å². The molecular weight excluding hydrogens is 331 g/mol. The van der Waals surface area contributed by atoms with Crippen molar-refractivity contribution in [3.63, 3.8) is 0 Å². The Labute approximate surface area is 143 Å². The Morgan fingerprint density at radius 3 is 2.44 bits per heavy atom. The highest BCUT2D eigenvalue weighted by molar-refractivity contribution is 5.79. The molecule has 0 aliphatic carbocycles. The van der Waals surface area contributed by atoms with Crippen molar-refractivity contribution in [3.05, 3.63) is 59.8 Å². The number of alkyl halides is 3. The summed E-state index contributed by atoms with van der Waals surface area (Å²) in [7, 11) is 0. The van der Waals surface area contributed by atoms with Crippen molar-refractivity contribution in [1.29, 1.82) is 0 Å². The Kier molecular flexibility index (Phi) is 4.92. The van der Waals surface area contributed by atoms with Crippen molar-refractivity contribution in [1.82, 2.24) is 9.88 Å². The van der Waals surface area contributed by atoms with Gasteiger partial charge in [-0.1, -0.05) is 24.3 Å². The molecule has 1 aromatic heterocycles. The predicted octanol–water partition coefficient (Wildman–Crippen LogP) is 2.99. The Bertz CT molecular complexity index is 726. The monoisotopic (exact) mass is 349 g/mol. The van der Waals surface area contributed by atoms with Gasteiger partial charge in [-0.2, -0.15) is 13.2 Å². The van der Waals surface area contributed by atoms with Crippen LogP contribution in [0.25, 0.3) is 0 Å². The number of anilines is 1. The van der Waals surface area contributed by atoms with Gasteiger partial charge in [-0.15, -0.1) is 0 Å². The Balaban J connectivity index is 1.58. The number of nitrogens with zero attached hydrogens (tertiary/aromatic N) is 3. The molecule has 2 aromatic rings. The molecule has 0 saturated carbocycles. The highest BCUT2D eigenvalue weighted by Crippen LogP contribution is 2.29. The van der Waals surface area contributed by atoms with Crippen LogP contribution < -0.4 is 4.90 Å². The lowest BCUT2D eigenvalue weighted by Gasteiger charge is -2.35. The van der Waals surface area contributed by atoms with E-state index in [2.05, 4.69) is 9.88 Å². The number of hydrogen-bond acceptors (Lipinski definition) is 3. The second kappa shape index (κ2) is 7.13. The van der Waals surface area contributed by atoms with Crippen molar-refractivity contribution >= 4 is 11.7 Å². The second-order valence-electron chi connectivity index (χ2n) is 5.93. The first-order valence-electron chi connectivity index (χ1n) is 8.03. The van der Waals surface area contributed by atoms with Gasteiger partial charge in [-0.25, -0.2) is 4.98 Å². The SMILES string of the molecule is O=C(Cc1cccc(C(F)(F)F)c1)N1CCN(c2ccccn2)CC1. The Morgan fingerprint density at radius 1 is 1.04 bits per heavy atom. The van der Waals surface area contributed by atoms with E-state index < -0.39 is 11.7 Å². The zero-order chi connectivity index (χ0) is 17.9. The molecule has 0 spiro atoms. The lowest BCUT2D eigenvalue weighted by atomic mass is 10.1. The van der Waals surface area contributed by atoms with Crippen molar-refractivity contribution in [2.75, 3.05) is 31.1 Å². The summed E-state index contributed by atoms with van der Waals surface area (Å²) in [5, 5.41) is 0. The maximum Gasteiger partial charge on any atom is 0.416 e. The van der Waals surface area contributed by atoms with E-state index in [0.717, 1.165) is 18.0 Å². The van der Waals surface area contributed by atoms with Crippen molar-refractivity contribution < 1.29 is 18.0 Å². The van der Waals surface area contributed by atoms with E-state index in [0.29, 0.717) is 31.7 Å². The zero-order valence-corrected chi connectivity index (χ0v) is 13.5. The fourth-order valence-corrected chi connectivity index (χ4v) is 2.87. The maximum atomic E-state index is 12.8. The van der Waals surface area contributed by atoms with E-state index >= 15 is 0 Å². The van der Waals surface area contributed by atoms with E-state index in [9.17, 15) is 18.0 Å². The largest absolute Gasteiger partial charge is 0.416 e. The number of carbonyl (C=O) groups excluding carboxylic acids is 1. The number of amides is 1. The number of aromatic nitrogens is 1. The van der Waals surface area contributed by atoms with E-state index in [4.69, 9.17) is 0 Å². The zero-order valence-electron chi connectivity index (χ0n) is 13.5. The van der Waals surface area contributed by atoms with Gasteiger partial charge in [-0.05, 0) is 23.8 Å². The third-order valence-corrected chi connectivity index (χ3v) is 4.22. The molecule has 1 aliphatic heterocycles. The molecule has 3 rings (SSSR count). The summed E-state index contributed by atoms with van der Waals surface area (Å²) in [6.45, 7) is 2.39. The molecule has 0 N–H and O–H groups in total. The van der Waals surface area contributed by atoms with Crippen LogP contribution >= 0.6 is 0 Å². The van der Waals surface area contributed by atoms with Crippen LogP contribution in [0.2, 0.25) is 0 Å². The van der Waals surface area contributed by atoms with Gasteiger partial charge in [0.05, 0.1) is 12.0 Å². The number of benzene rings is 1. The first-order chi connectivity index (χ1) is 11.9. The molecule has 25 heavy (non-hydrogen) atoms. The molecular formula is C18H18F3N3O. The molecule has 0 radical (unpaired) electrons. The third kappa shape index (κ3) is 4.29. The molecule has 7 heteroatoms. The molecule has 1 aliphatic rings. The quantitative estimate of drug-likeness (QED) is 0.855. The molecule has 0 unspecified atom stereocenters. The first-order valence-corrected chi connectivity index (χ1v) is 8.03. The minimum atomic E-state index is -4.40. The molecule has 1 saturated heterocycles. The van der Waals surface area contributed by atoms with Crippen LogP contribution in [0.3, 0.4) is 0 Å². The van der Waals surface area contributed by atoms with Crippen LogP contribution in [-0.4, -0.2) is 42.0 Å². The van der Waals surface area contributed by atoms with Gasteiger partial charge in [-0.3, -0.25) is 4.79 Å². The summed E-state index contributed by atoms with van der Waals surface area (Å²) in [4.78, 5) is 20.5. The van der Waals surface area contributed by atoms with E-state index in [-0.39, 0.29) is 12.3 Å². The van der Waals surface area contributed by atoms with Gasteiger partial charge >= 0.3 is 6.18 Å². The number of pyridine rings is 1. The fraction of sp³-hybridized carbons (Fsp3) is 0.333. The second-order valence-corrected chi connectivity index (χ2v) is 5.93. The smallest absolute Gasteiger partial charge is 0.353 e. The van der Waals surface area contributed by atoms with Gasteiger partial charge in [0.15, 0.2) is 0 Å². The summed E-state index contributed by atoms with van der Waals surface area (Å²) in [6, 6.07) is 10.6. The minimum Gasteiger partial charge on any atom is -0.353 e. The Hall–Kier alpha value is -2.57. The van der Waals surface area contributed by atoms with Crippen molar-refractivity contribution in [3.8, 4) is 0 Å². The van der Waals surface area contributed by atoms with Crippen LogP contribution in [0, 0.1) is 0 Å². The summed E-state index contributed by atoms with van der Waals surface area (Å²) in [5.74, 6) is 0.715. The highest BCUT2D eigenvalue weighted by Gasteiger charge is 2.30. The first kappa shape index (κ1) is 17.3. The van der Waals surface area contributed by atoms with E-state index in [1.807, 2.05) is 18.2 Å². The van der Waals surface area contributed by atoms with Crippen molar-refractivity contribution in [2.45, 2.75) is 12.6 Å². The number of hydrogen-bond donors (Lipinski definition) is 0. The summed E-state index contributed by atoms with van der Waals surface area (Å²) >= 11 is 0. The average Bonchev–Trinajstić information content (AvgIpc) is 2.62. The fourth-order valence-electron chi connectivity index (χ4n) is 2.87. The molecule has 1 amide bonds. The molecule has 0 bridgehead atoms. The normalized spacial score (nSPS) is 15.3. The van der Waals surface area contributed by atoms with E-state index in [1.165, 1.54) is 6.07 Å². The van der Waals surface area contributed by atoms with Gasteiger partial charge < -0.3 is 9.80 Å². The van der Waals surface area contributed by atoms with E-state index in [1.54, 1.807) is 17.2 Å². The summed E-state index contributed by atoms with van der Waals surface area (Å²) < 4.78 is 38.3. The molecule has 1 aromatic carbocycles. The van der Waals surface area contributed by atoms with Crippen molar-refractivity contribution in [2.24, 2.45) is 0 Å². The summed E-state index contributed by atoms with van der Waals surface area (Å²) in [5.41, 5.74) is -0.343. The number of carbonyl (C=O) groups is 1. The van der Waals surface area contributed by atoms with Gasteiger partial charge in [0.1, 0.15) is 5.82 Å². The molecule has 0 atom stereocenters. The van der Waals surface area contributed by atoms with Gasteiger partial charge in [0, 0.05) is 32.4 Å². The molecule has 2 heterocycles.